The van der Waals surface area contributed by atoms with Crippen LogP contribution >= 0.6 is 0 Å². The van der Waals surface area contributed by atoms with Crippen molar-refractivity contribution >= 4 is 5.78 Å². The highest BCUT2D eigenvalue weighted by Crippen LogP contribution is 2.27. The van der Waals surface area contributed by atoms with E-state index in [1.807, 2.05) is 20.8 Å². The monoisotopic (exact) mass is 239 g/mol. The van der Waals surface area contributed by atoms with E-state index in [4.69, 9.17) is 0 Å². The average Bonchev–Trinajstić information content (AvgIpc) is 2.19. The SMILES string of the molecule is CC1CC(C)C(C)N(CCC(=O)C(C)(C)C)C1. The van der Waals surface area contributed by atoms with E-state index in [2.05, 4.69) is 25.7 Å². The van der Waals surface area contributed by atoms with Gasteiger partial charge in [-0.25, -0.2) is 0 Å². The first-order valence-corrected chi connectivity index (χ1v) is 6.99. The summed E-state index contributed by atoms with van der Waals surface area (Å²) in [4.78, 5) is 14.5. The third-order valence-corrected chi connectivity index (χ3v) is 4.18. The molecule has 0 aromatic rings. The van der Waals surface area contributed by atoms with E-state index in [0.717, 1.165) is 24.9 Å². The van der Waals surface area contributed by atoms with Gasteiger partial charge < -0.3 is 0 Å². The molecule has 17 heavy (non-hydrogen) atoms. The van der Waals surface area contributed by atoms with Crippen molar-refractivity contribution in [1.82, 2.24) is 4.90 Å². The van der Waals surface area contributed by atoms with Crippen molar-refractivity contribution < 1.29 is 4.79 Å². The van der Waals surface area contributed by atoms with Crippen molar-refractivity contribution in [3.05, 3.63) is 0 Å². The second-order valence-corrected chi connectivity index (χ2v) is 6.98. The maximum absolute atomic E-state index is 12.0. The lowest BCUT2D eigenvalue weighted by molar-refractivity contribution is -0.126. The number of carbonyl (C=O) groups excluding carboxylic acids is 1. The van der Waals surface area contributed by atoms with Gasteiger partial charge in [0.1, 0.15) is 5.78 Å². The summed E-state index contributed by atoms with van der Waals surface area (Å²) in [5, 5.41) is 0. The Morgan fingerprint density at radius 1 is 1.24 bits per heavy atom. The fraction of sp³-hybridized carbons (Fsp3) is 0.933. The Labute approximate surface area is 107 Å². The maximum atomic E-state index is 12.0. The van der Waals surface area contributed by atoms with Crippen LogP contribution in [0.2, 0.25) is 0 Å². The van der Waals surface area contributed by atoms with Gasteiger partial charge in [0, 0.05) is 31.0 Å². The van der Waals surface area contributed by atoms with Gasteiger partial charge in [-0.1, -0.05) is 34.6 Å². The summed E-state index contributed by atoms with van der Waals surface area (Å²) < 4.78 is 0. The average molecular weight is 239 g/mol. The molecule has 0 bridgehead atoms. The molecule has 0 radical (unpaired) electrons. The number of likely N-dealkylation sites (tertiary alicyclic amines) is 1. The van der Waals surface area contributed by atoms with E-state index in [1.165, 1.54) is 6.42 Å². The van der Waals surface area contributed by atoms with E-state index in [0.29, 0.717) is 18.2 Å². The molecule has 0 aliphatic carbocycles. The van der Waals surface area contributed by atoms with E-state index < -0.39 is 0 Å². The Bertz CT molecular complexity index is 267. The molecule has 3 atom stereocenters. The molecular weight excluding hydrogens is 210 g/mol. The van der Waals surface area contributed by atoms with Crippen LogP contribution in [0.15, 0.2) is 0 Å². The molecule has 1 fully saturated rings. The second kappa shape index (κ2) is 5.51. The number of carbonyl (C=O) groups is 1. The maximum Gasteiger partial charge on any atom is 0.139 e. The standard InChI is InChI=1S/C15H29NO/c1-11-9-12(2)13(3)16(10-11)8-7-14(17)15(4,5)6/h11-13H,7-10H2,1-6H3. The molecule has 0 aromatic carbocycles. The van der Waals surface area contributed by atoms with Gasteiger partial charge in [-0.15, -0.1) is 0 Å². The molecule has 0 amide bonds. The topological polar surface area (TPSA) is 20.3 Å². The van der Waals surface area contributed by atoms with Gasteiger partial charge in [0.25, 0.3) is 0 Å². The van der Waals surface area contributed by atoms with Crippen molar-refractivity contribution in [2.24, 2.45) is 17.3 Å². The Morgan fingerprint density at radius 2 is 1.82 bits per heavy atom. The zero-order valence-corrected chi connectivity index (χ0v) is 12.4. The van der Waals surface area contributed by atoms with Crippen molar-refractivity contribution in [3.8, 4) is 0 Å². The van der Waals surface area contributed by atoms with Gasteiger partial charge in [0.2, 0.25) is 0 Å². The van der Waals surface area contributed by atoms with Crippen molar-refractivity contribution in [2.45, 2.75) is 60.4 Å². The zero-order valence-electron chi connectivity index (χ0n) is 12.4. The summed E-state index contributed by atoms with van der Waals surface area (Å²) in [5.74, 6) is 1.91. The number of hydrogen-bond donors (Lipinski definition) is 0. The van der Waals surface area contributed by atoms with Gasteiger partial charge in [-0.2, -0.15) is 0 Å². The highest BCUT2D eigenvalue weighted by Gasteiger charge is 2.29. The van der Waals surface area contributed by atoms with Crippen LogP contribution in [0.3, 0.4) is 0 Å². The van der Waals surface area contributed by atoms with Crippen LogP contribution in [0.25, 0.3) is 0 Å². The highest BCUT2D eigenvalue weighted by molar-refractivity contribution is 5.83. The molecule has 1 aliphatic rings. The molecule has 1 aliphatic heterocycles. The molecule has 2 nitrogen and oxygen atoms in total. The van der Waals surface area contributed by atoms with Crippen LogP contribution in [0.1, 0.15) is 54.4 Å². The summed E-state index contributed by atoms with van der Waals surface area (Å²) >= 11 is 0. The molecule has 1 saturated heterocycles. The predicted molar refractivity (Wildman–Crippen MR) is 73.1 cm³/mol. The number of ketones is 1. The minimum atomic E-state index is -0.184. The minimum absolute atomic E-state index is 0.184. The van der Waals surface area contributed by atoms with E-state index >= 15 is 0 Å². The summed E-state index contributed by atoms with van der Waals surface area (Å²) in [7, 11) is 0. The molecule has 0 spiro atoms. The smallest absolute Gasteiger partial charge is 0.139 e. The summed E-state index contributed by atoms with van der Waals surface area (Å²) in [5.41, 5.74) is -0.184. The van der Waals surface area contributed by atoms with Crippen LogP contribution < -0.4 is 0 Å². The third-order valence-electron chi connectivity index (χ3n) is 4.18. The normalized spacial score (nSPS) is 31.5. The van der Waals surface area contributed by atoms with Gasteiger partial charge in [-0.05, 0) is 25.2 Å². The second-order valence-electron chi connectivity index (χ2n) is 6.98. The van der Waals surface area contributed by atoms with Crippen molar-refractivity contribution in [3.63, 3.8) is 0 Å². The fourth-order valence-corrected chi connectivity index (χ4v) is 2.75. The molecule has 0 aromatic heterocycles. The minimum Gasteiger partial charge on any atom is -0.300 e. The number of piperidine rings is 1. The lowest BCUT2D eigenvalue weighted by Gasteiger charge is -2.41. The van der Waals surface area contributed by atoms with Crippen LogP contribution in [0.4, 0.5) is 0 Å². The van der Waals surface area contributed by atoms with Gasteiger partial charge in [-0.3, -0.25) is 9.69 Å². The summed E-state index contributed by atoms with van der Waals surface area (Å²) in [6.07, 6.45) is 2.03. The fourth-order valence-electron chi connectivity index (χ4n) is 2.75. The first-order chi connectivity index (χ1) is 7.71. The molecule has 100 valence electrons. The molecular formula is C15H29NO. The summed E-state index contributed by atoms with van der Waals surface area (Å²) in [6, 6.07) is 0.624. The molecule has 0 N–H and O–H groups in total. The predicted octanol–water partition coefficient (Wildman–Crippen LogP) is 3.36. The van der Waals surface area contributed by atoms with Crippen LogP contribution in [0, 0.1) is 17.3 Å². The van der Waals surface area contributed by atoms with Gasteiger partial charge >= 0.3 is 0 Å². The zero-order chi connectivity index (χ0) is 13.2. The van der Waals surface area contributed by atoms with Crippen LogP contribution in [-0.2, 0) is 4.79 Å². The Morgan fingerprint density at radius 3 is 2.35 bits per heavy atom. The van der Waals surface area contributed by atoms with Crippen LogP contribution in [0.5, 0.6) is 0 Å². The van der Waals surface area contributed by atoms with Gasteiger partial charge in [0.15, 0.2) is 0 Å². The first kappa shape index (κ1) is 14.7. The Balaban J connectivity index is 2.48. The third kappa shape index (κ3) is 4.09. The molecule has 0 saturated carbocycles. The molecule has 1 heterocycles. The number of nitrogens with zero attached hydrogens (tertiary/aromatic N) is 1. The largest absolute Gasteiger partial charge is 0.300 e. The van der Waals surface area contributed by atoms with Crippen LogP contribution in [-0.4, -0.2) is 29.8 Å². The van der Waals surface area contributed by atoms with E-state index in [9.17, 15) is 4.79 Å². The quantitative estimate of drug-likeness (QED) is 0.752. The number of rotatable bonds is 3. The lowest BCUT2D eigenvalue weighted by Crippen LogP contribution is -2.46. The lowest BCUT2D eigenvalue weighted by atomic mass is 9.85. The molecule has 1 rings (SSSR count). The summed E-state index contributed by atoms with van der Waals surface area (Å²) in [6.45, 7) is 15.1. The van der Waals surface area contributed by atoms with Crippen molar-refractivity contribution in [2.75, 3.05) is 13.1 Å². The Kier molecular flexibility index (Phi) is 4.77. The number of hydrogen-bond acceptors (Lipinski definition) is 2. The Hall–Kier alpha value is -0.370. The number of Topliss-reactive ketones (excluding diaryl/α,β-unsaturated/α-hetero) is 1. The van der Waals surface area contributed by atoms with Gasteiger partial charge in [0.05, 0.1) is 0 Å². The first-order valence-electron chi connectivity index (χ1n) is 6.99. The van der Waals surface area contributed by atoms with Crippen molar-refractivity contribution in [1.29, 1.82) is 0 Å². The molecule has 2 heteroatoms. The van der Waals surface area contributed by atoms with E-state index in [-0.39, 0.29) is 5.41 Å². The molecule has 3 unspecified atom stereocenters. The highest BCUT2D eigenvalue weighted by atomic mass is 16.1. The van der Waals surface area contributed by atoms with E-state index in [1.54, 1.807) is 0 Å².